The molecule has 2 heteroatoms. The van der Waals surface area contributed by atoms with E-state index in [9.17, 15) is 0 Å². The first-order valence-electron chi connectivity index (χ1n) is 2.03. The van der Waals surface area contributed by atoms with Crippen molar-refractivity contribution in [3.05, 3.63) is 36.4 Å². The van der Waals surface area contributed by atoms with Crippen molar-refractivity contribution in [1.29, 1.82) is 0 Å². The zero-order valence-electron chi connectivity index (χ0n) is 4.08. The fourth-order valence-corrected chi connectivity index (χ4v) is 0.342. The third-order valence-electron chi connectivity index (χ3n) is 0.607. The quantitative estimate of drug-likeness (QED) is 0.460. The minimum Gasteiger partial charge on any atom is -0.184 e. The molecule has 0 bridgehead atoms. The average Bonchev–Trinajstić information content (AvgIpc) is 1.96. The zero-order valence-corrected chi connectivity index (χ0v) is 6.65. The molecule has 0 amide bonds. The maximum absolute atomic E-state index is 3.69. The van der Waals surface area contributed by atoms with Gasteiger partial charge >= 0.3 is 27.9 Å². The molecule has 0 aromatic heterocycles. The van der Waals surface area contributed by atoms with Crippen LogP contribution in [0.5, 0.6) is 0 Å². The van der Waals surface area contributed by atoms with Gasteiger partial charge in [-0.25, -0.2) is 0 Å². The predicted molar refractivity (Wildman–Crippen MR) is 34.2 cm³/mol. The van der Waals surface area contributed by atoms with Gasteiger partial charge < -0.3 is 0 Å². The molecule has 0 aliphatic heterocycles. The Morgan fingerprint density at radius 3 is 1.62 bits per heavy atom. The molecule has 1 rings (SSSR count). The van der Waals surface area contributed by atoms with Crippen LogP contribution in [0.4, 0.5) is 0 Å². The monoisotopic (exact) mass is 214 g/mol. The van der Waals surface area contributed by atoms with Crippen LogP contribution in [0.15, 0.2) is 30.3 Å². The van der Waals surface area contributed by atoms with Crippen LogP contribution in [0.2, 0.25) is 0 Å². The maximum Gasteiger partial charge on any atom is -0.171 e. The van der Waals surface area contributed by atoms with Crippen LogP contribution in [0.1, 0.15) is 0 Å². The number of hydrogen-bond donors (Lipinski definition) is 0. The second kappa shape index (κ2) is 7.19. The Balaban J connectivity index is 0.000000222. The number of rotatable bonds is 0. The van der Waals surface area contributed by atoms with E-state index in [1.165, 1.54) is 0 Å². The van der Waals surface area contributed by atoms with Gasteiger partial charge in [-0.05, 0) is 0 Å². The molecule has 0 heterocycles. The van der Waals surface area contributed by atoms with Gasteiger partial charge in [-0.1, -0.05) is 0 Å². The summed E-state index contributed by atoms with van der Waals surface area (Å²) in [4.78, 5) is 0. The van der Waals surface area contributed by atoms with Crippen LogP contribution in [-0.4, -0.2) is 0 Å². The van der Waals surface area contributed by atoms with Crippen LogP contribution < -0.4 is 0 Å². The largest absolute Gasteiger partial charge is 0.184 e. The summed E-state index contributed by atoms with van der Waals surface area (Å²) in [5.74, 6) is 0. The SMILES string of the molecule is [Ni][Br].[c-]1ccccc1. The van der Waals surface area contributed by atoms with Crippen molar-refractivity contribution in [2.75, 3.05) is 0 Å². The van der Waals surface area contributed by atoms with E-state index in [0.717, 1.165) is 0 Å². The summed E-state index contributed by atoms with van der Waals surface area (Å²) in [5.41, 5.74) is 0. The Morgan fingerprint density at radius 1 is 1.00 bits per heavy atom. The van der Waals surface area contributed by atoms with Gasteiger partial charge in [0, 0.05) is 0 Å². The van der Waals surface area contributed by atoms with E-state index in [1.54, 1.807) is 0 Å². The Bertz CT molecular complexity index is 80.5. The van der Waals surface area contributed by atoms with Gasteiger partial charge in [0.15, 0.2) is 0 Å². The molecule has 0 N–H and O–H groups in total. The standard InChI is InChI=1S/C6H5.BrH.Ni/c1-2-4-6-5-3-1;;/h1-5H;1H;/q-1;;+1/p-1. The third-order valence-corrected chi connectivity index (χ3v) is 0.607. The van der Waals surface area contributed by atoms with E-state index in [2.05, 4.69) is 34.0 Å². The van der Waals surface area contributed by atoms with Gasteiger partial charge in [-0.3, -0.25) is 0 Å². The molecule has 0 atom stereocenters. The summed E-state index contributed by atoms with van der Waals surface area (Å²) >= 11 is 6.25. The van der Waals surface area contributed by atoms with Gasteiger partial charge in [0.05, 0.1) is 0 Å². The first-order valence-corrected chi connectivity index (χ1v) is 4.47. The molecule has 47 valence electrons. The summed E-state index contributed by atoms with van der Waals surface area (Å²) in [6.45, 7) is 0. The second-order valence-electron chi connectivity index (χ2n) is 1.08. The Morgan fingerprint density at radius 2 is 1.50 bits per heavy atom. The molecule has 0 unspecified atom stereocenters. The molecule has 0 aliphatic rings. The predicted octanol–water partition coefficient (Wildman–Crippen LogP) is 2.33. The van der Waals surface area contributed by atoms with Crippen LogP contribution in [0.25, 0.3) is 0 Å². The Labute approximate surface area is 64.4 Å². The Kier molecular flexibility index (Phi) is 7.37. The minimum absolute atomic E-state index is 1.88. The van der Waals surface area contributed by atoms with E-state index in [4.69, 9.17) is 0 Å². The average molecular weight is 216 g/mol. The van der Waals surface area contributed by atoms with E-state index in [1.807, 2.05) is 30.3 Å². The molecular formula is C6H5BrNi-. The second-order valence-corrected chi connectivity index (χ2v) is 1.08. The van der Waals surface area contributed by atoms with Gasteiger partial charge in [0.2, 0.25) is 0 Å². The van der Waals surface area contributed by atoms with E-state index < -0.39 is 0 Å². The number of benzene rings is 1. The fourth-order valence-electron chi connectivity index (χ4n) is 0.342. The molecule has 0 saturated heterocycles. The third kappa shape index (κ3) is 4.35. The van der Waals surface area contributed by atoms with E-state index >= 15 is 0 Å². The molecule has 8 heavy (non-hydrogen) atoms. The molecule has 0 spiro atoms. The van der Waals surface area contributed by atoms with Crippen molar-refractivity contribution in [3.8, 4) is 0 Å². The molecule has 1 aromatic carbocycles. The number of halogens is 1. The van der Waals surface area contributed by atoms with Crippen LogP contribution >= 0.6 is 14.2 Å². The molecule has 0 nitrogen and oxygen atoms in total. The summed E-state index contributed by atoms with van der Waals surface area (Å²) < 4.78 is 0. The van der Waals surface area contributed by atoms with Gasteiger partial charge in [0.1, 0.15) is 0 Å². The van der Waals surface area contributed by atoms with Crippen molar-refractivity contribution < 1.29 is 13.7 Å². The first kappa shape index (κ1) is 8.19. The normalized spacial score (nSPS) is 6.88. The van der Waals surface area contributed by atoms with Gasteiger partial charge in [0.25, 0.3) is 0 Å². The number of hydrogen-bond acceptors (Lipinski definition) is 0. The Hall–Kier alpha value is 0.194. The molecule has 0 radical (unpaired) electrons. The van der Waals surface area contributed by atoms with Crippen molar-refractivity contribution in [2.45, 2.75) is 0 Å². The van der Waals surface area contributed by atoms with E-state index in [0.29, 0.717) is 0 Å². The van der Waals surface area contributed by atoms with Gasteiger partial charge in [-0.15, -0.1) is 0 Å². The zero-order chi connectivity index (χ0) is 6.24. The van der Waals surface area contributed by atoms with Gasteiger partial charge in [-0.2, -0.15) is 36.4 Å². The topological polar surface area (TPSA) is 0 Å². The first-order chi connectivity index (χ1) is 4.00. The summed E-state index contributed by atoms with van der Waals surface area (Å²) in [5, 5.41) is 0. The molecular weight excluding hydrogens is 211 g/mol. The van der Waals surface area contributed by atoms with Crippen molar-refractivity contribution in [2.24, 2.45) is 0 Å². The van der Waals surface area contributed by atoms with Crippen LogP contribution in [0, 0.1) is 6.07 Å². The van der Waals surface area contributed by atoms with Crippen molar-refractivity contribution in [3.63, 3.8) is 0 Å². The summed E-state index contributed by atoms with van der Waals surface area (Å²) in [7, 11) is 0. The molecule has 1 aromatic rings. The maximum atomic E-state index is 3.69. The van der Waals surface area contributed by atoms with E-state index in [-0.39, 0.29) is 0 Å². The summed E-state index contributed by atoms with van der Waals surface area (Å²) in [6.07, 6.45) is 0. The molecule has 0 aliphatic carbocycles. The van der Waals surface area contributed by atoms with Crippen LogP contribution in [-0.2, 0) is 13.7 Å². The molecule has 0 saturated carbocycles. The van der Waals surface area contributed by atoms with Crippen molar-refractivity contribution in [1.82, 2.24) is 0 Å². The fraction of sp³-hybridized carbons (Fsp3) is 0. The summed E-state index contributed by atoms with van der Waals surface area (Å²) in [6, 6.07) is 12.5. The van der Waals surface area contributed by atoms with Crippen molar-refractivity contribution >= 4 is 14.2 Å². The van der Waals surface area contributed by atoms with Crippen LogP contribution in [0.3, 0.4) is 0 Å². The minimum atomic E-state index is 1.88. The smallest absolute Gasteiger partial charge is 0.171 e. The molecule has 0 fully saturated rings.